The number of alkyl halides is 3. The van der Waals surface area contributed by atoms with Gasteiger partial charge in [0, 0.05) is 0 Å². The van der Waals surface area contributed by atoms with Crippen molar-refractivity contribution >= 4 is 16.1 Å². The molecule has 0 aromatic rings. The highest BCUT2D eigenvalue weighted by Gasteiger charge is 2.47. The number of ether oxygens (including phenoxy) is 1. The Kier molecular flexibility index (Phi) is 4.59. The van der Waals surface area contributed by atoms with Gasteiger partial charge in [-0.05, 0) is 6.92 Å². The van der Waals surface area contributed by atoms with Gasteiger partial charge in [0.15, 0.2) is 0 Å². The smallest absolute Gasteiger partial charge is 0.463 e. The Morgan fingerprint density at radius 3 is 2.33 bits per heavy atom. The molecule has 0 N–H and O–H groups in total. The summed E-state index contributed by atoms with van der Waals surface area (Å²) in [6, 6.07) is 0. The number of carbonyl (C=O) groups excluding carboxylic acids is 1. The molecule has 0 heterocycles. The number of esters is 1. The average molecular weight is 248 g/mol. The van der Waals surface area contributed by atoms with Gasteiger partial charge in [0.05, 0.1) is 12.7 Å². The van der Waals surface area contributed by atoms with Gasteiger partial charge in [-0.2, -0.15) is 21.6 Å². The minimum Gasteiger partial charge on any atom is -0.463 e. The van der Waals surface area contributed by atoms with Gasteiger partial charge in [0.1, 0.15) is 6.26 Å². The maximum Gasteiger partial charge on any atom is 0.534 e. The summed E-state index contributed by atoms with van der Waals surface area (Å²) in [6.07, 6.45) is 0.521. The molecule has 15 heavy (non-hydrogen) atoms. The first-order valence-electron chi connectivity index (χ1n) is 3.53. The topological polar surface area (TPSA) is 69.7 Å². The third-order valence-corrected chi connectivity index (χ3v) is 1.89. The van der Waals surface area contributed by atoms with Gasteiger partial charge >= 0.3 is 21.6 Å². The minimum atomic E-state index is -5.70. The SMILES string of the molecule is CCOC(=O)C=COS(=O)(=O)C(F)(F)F. The van der Waals surface area contributed by atoms with Crippen molar-refractivity contribution in [2.75, 3.05) is 6.61 Å². The molecule has 0 aliphatic heterocycles. The van der Waals surface area contributed by atoms with E-state index in [1.165, 1.54) is 6.92 Å². The van der Waals surface area contributed by atoms with E-state index in [0.717, 1.165) is 0 Å². The average Bonchev–Trinajstić information content (AvgIpc) is 2.01. The molecule has 0 aromatic heterocycles. The van der Waals surface area contributed by atoms with Crippen LogP contribution < -0.4 is 0 Å². The molecule has 0 aromatic carbocycles. The van der Waals surface area contributed by atoms with Crippen LogP contribution in [0, 0.1) is 0 Å². The van der Waals surface area contributed by atoms with Crippen LogP contribution in [0.1, 0.15) is 6.92 Å². The lowest BCUT2D eigenvalue weighted by Gasteiger charge is -2.05. The normalized spacial score (nSPS) is 12.8. The summed E-state index contributed by atoms with van der Waals surface area (Å²) in [5.74, 6) is -1.00. The van der Waals surface area contributed by atoms with Crippen LogP contribution in [0.25, 0.3) is 0 Å². The van der Waals surface area contributed by atoms with E-state index in [-0.39, 0.29) is 12.9 Å². The third kappa shape index (κ3) is 4.68. The Bertz CT molecular complexity index is 342. The zero-order chi connectivity index (χ0) is 12.1. The van der Waals surface area contributed by atoms with E-state index in [0.29, 0.717) is 6.08 Å². The number of carbonyl (C=O) groups is 1. The number of hydrogen-bond donors (Lipinski definition) is 0. The van der Waals surface area contributed by atoms with Crippen molar-refractivity contribution in [3.63, 3.8) is 0 Å². The molecule has 88 valence electrons. The molecule has 0 unspecified atom stereocenters. The lowest BCUT2D eigenvalue weighted by Crippen LogP contribution is -2.23. The van der Waals surface area contributed by atoms with Crippen LogP contribution in [0.3, 0.4) is 0 Å². The molecule has 9 heteroatoms. The first-order chi connectivity index (χ1) is 6.70. The second kappa shape index (κ2) is 5.01. The van der Waals surface area contributed by atoms with Gasteiger partial charge in [0.25, 0.3) is 0 Å². The zero-order valence-corrected chi connectivity index (χ0v) is 8.26. The van der Waals surface area contributed by atoms with Crippen LogP contribution in [0.15, 0.2) is 12.3 Å². The predicted octanol–water partition coefficient (Wildman–Crippen LogP) is 0.929. The Morgan fingerprint density at radius 2 is 1.93 bits per heavy atom. The minimum absolute atomic E-state index is 0.00912. The largest absolute Gasteiger partial charge is 0.534 e. The Labute approximate surface area is 83.6 Å². The van der Waals surface area contributed by atoms with Crippen molar-refractivity contribution in [3.05, 3.63) is 12.3 Å². The van der Waals surface area contributed by atoms with E-state index in [4.69, 9.17) is 0 Å². The lowest BCUT2D eigenvalue weighted by atomic mass is 10.6. The number of rotatable bonds is 4. The van der Waals surface area contributed by atoms with E-state index >= 15 is 0 Å². The number of hydrogen-bond acceptors (Lipinski definition) is 5. The van der Waals surface area contributed by atoms with Gasteiger partial charge in [-0.1, -0.05) is 0 Å². The van der Waals surface area contributed by atoms with Crippen LogP contribution in [0.5, 0.6) is 0 Å². The van der Waals surface area contributed by atoms with E-state index in [2.05, 4.69) is 8.92 Å². The van der Waals surface area contributed by atoms with Crippen molar-refractivity contribution < 1.29 is 35.3 Å². The van der Waals surface area contributed by atoms with Crippen LogP contribution >= 0.6 is 0 Å². The molecular formula is C6H7F3O5S. The summed E-state index contributed by atoms with van der Waals surface area (Å²) in [5.41, 5.74) is -5.52. The molecule has 0 amide bonds. The van der Waals surface area contributed by atoms with Crippen molar-refractivity contribution in [1.29, 1.82) is 0 Å². The van der Waals surface area contributed by atoms with Crippen LogP contribution in [0.2, 0.25) is 0 Å². The lowest BCUT2D eigenvalue weighted by molar-refractivity contribution is -0.137. The fourth-order valence-corrected chi connectivity index (χ4v) is 0.712. The summed E-state index contributed by atoms with van der Waals surface area (Å²) in [5, 5.41) is 0. The summed E-state index contributed by atoms with van der Waals surface area (Å²) in [7, 11) is -5.70. The van der Waals surface area contributed by atoms with Crippen molar-refractivity contribution in [2.24, 2.45) is 0 Å². The van der Waals surface area contributed by atoms with Crippen LogP contribution in [0.4, 0.5) is 13.2 Å². The highest BCUT2D eigenvalue weighted by atomic mass is 32.2. The van der Waals surface area contributed by atoms with E-state index in [1.807, 2.05) is 0 Å². The van der Waals surface area contributed by atoms with E-state index in [1.54, 1.807) is 0 Å². The number of halogens is 3. The maximum absolute atomic E-state index is 11.6. The fourth-order valence-electron chi connectivity index (χ4n) is 0.401. The fraction of sp³-hybridized carbons (Fsp3) is 0.500. The molecule has 0 aliphatic rings. The molecule has 0 saturated carbocycles. The van der Waals surface area contributed by atoms with Gasteiger partial charge in [-0.15, -0.1) is 0 Å². The Balaban J connectivity index is 4.35. The zero-order valence-electron chi connectivity index (χ0n) is 7.45. The monoisotopic (exact) mass is 248 g/mol. The Hall–Kier alpha value is -1.25. The molecule has 5 nitrogen and oxygen atoms in total. The third-order valence-electron chi connectivity index (χ3n) is 0.956. The maximum atomic E-state index is 11.6. The molecule has 0 bridgehead atoms. The highest BCUT2D eigenvalue weighted by molar-refractivity contribution is 7.87. The van der Waals surface area contributed by atoms with Gasteiger partial charge in [-0.3, -0.25) is 0 Å². The Morgan fingerprint density at radius 1 is 1.40 bits per heavy atom. The van der Waals surface area contributed by atoms with E-state index in [9.17, 15) is 26.4 Å². The summed E-state index contributed by atoms with van der Waals surface area (Å²) in [4.78, 5) is 10.5. The highest BCUT2D eigenvalue weighted by Crippen LogP contribution is 2.24. The van der Waals surface area contributed by atoms with Crippen molar-refractivity contribution in [3.8, 4) is 0 Å². The quantitative estimate of drug-likeness (QED) is 0.243. The first-order valence-corrected chi connectivity index (χ1v) is 4.94. The van der Waals surface area contributed by atoms with Crippen LogP contribution in [-0.4, -0.2) is 26.5 Å². The summed E-state index contributed by atoms with van der Waals surface area (Å²) >= 11 is 0. The second-order valence-corrected chi connectivity index (χ2v) is 3.61. The van der Waals surface area contributed by atoms with Gasteiger partial charge < -0.3 is 8.92 Å². The standard InChI is InChI=1S/C6H7F3O5S/c1-2-13-5(10)3-4-14-15(11,12)6(7,8)9/h3-4H,2H2,1H3. The van der Waals surface area contributed by atoms with Crippen molar-refractivity contribution in [2.45, 2.75) is 12.4 Å². The first kappa shape index (κ1) is 13.8. The molecular weight excluding hydrogens is 241 g/mol. The van der Waals surface area contributed by atoms with Crippen LogP contribution in [-0.2, 0) is 23.8 Å². The molecule has 0 radical (unpaired) electrons. The van der Waals surface area contributed by atoms with Crippen molar-refractivity contribution in [1.82, 2.24) is 0 Å². The molecule has 0 aliphatic carbocycles. The summed E-state index contributed by atoms with van der Waals surface area (Å²) in [6.45, 7) is 1.48. The second-order valence-electron chi connectivity index (χ2n) is 2.05. The summed E-state index contributed by atoms with van der Waals surface area (Å²) < 4.78 is 63.0. The molecule has 0 fully saturated rings. The molecule has 0 rings (SSSR count). The molecule has 0 atom stereocenters. The predicted molar refractivity (Wildman–Crippen MR) is 41.8 cm³/mol. The van der Waals surface area contributed by atoms with Gasteiger partial charge in [-0.25, -0.2) is 4.79 Å². The van der Waals surface area contributed by atoms with E-state index < -0.39 is 21.6 Å². The molecule has 0 saturated heterocycles. The molecule has 0 spiro atoms. The van der Waals surface area contributed by atoms with Gasteiger partial charge in [0.2, 0.25) is 0 Å².